The molecule has 10 atom stereocenters. The van der Waals surface area contributed by atoms with E-state index in [1.54, 1.807) is 17.2 Å². The van der Waals surface area contributed by atoms with Gasteiger partial charge < -0.3 is 46.8 Å². The Kier molecular flexibility index (Phi) is 13.6. The molecule has 18 nitrogen and oxygen atoms in total. The van der Waals surface area contributed by atoms with E-state index in [9.17, 15) is 14.9 Å². The van der Waals surface area contributed by atoms with Crippen LogP contribution in [0.2, 0.25) is 36.3 Å². The molecule has 0 amide bonds. The summed E-state index contributed by atoms with van der Waals surface area (Å²) in [5.41, 5.74) is 4.31. The van der Waals surface area contributed by atoms with Crippen LogP contribution in [0.4, 0.5) is 0 Å². The molecule has 3 fully saturated rings. The van der Waals surface area contributed by atoms with Crippen LogP contribution in [0.3, 0.4) is 0 Å². The molecule has 0 saturated carbocycles. The molecule has 24 heteroatoms. The summed E-state index contributed by atoms with van der Waals surface area (Å²) < 4.78 is 57.4. The molecule has 4 aliphatic rings. The summed E-state index contributed by atoms with van der Waals surface area (Å²) in [6.07, 6.45) is 1.64. The molecule has 0 radical (unpaired) electrons. The topological polar surface area (TPSA) is 209 Å². The number of fused-ring (bicyclic) bond motifs is 4. The fraction of sp³-hybridized carbons (Fsp3) is 0.725. The lowest BCUT2D eigenvalue weighted by Crippen LogP contribution is -2.50. The summed E-state index contributed by atoms with van der Waals surface area (Å²) >= 11 is 11.7. The fourth-order valence-corrected chi connectivity index (χ4v) is 13.8. The van der Waals surface area contributed by atoms with E-state index in [0.717, 1.165) is 42.3 Å². The predicted molar refractivity (Wildman–Crippen MR) is 251 cm³/mol. The zero-order valence-electron chi connectivity index (χ0n) is 38.5. The van der Waals surface area contributed by atoms with Gasteiger partial charge in [0.25, 0.3) is 0 Å². The molecule has 3 aliphatic heterocycles. The van der Waals surface area contributed by atoms with Crippen molar-refractivity contribution >= 4 is 75.9 Å². The molecule has 3 N–H and O–H groups in total. The second-order valence-corrected chi connectivity index (χ2v) is 35.3. The van der Waals surface area contributed by atoms with E-state index in [2.05, 4.69) is 93.9 Å². The first-order chi connectivity index (χ1) is 29.8. The zero-order chi connectivity index (χ0) is 46.4. The summed E-state index contributed by atoms with van der Waals surface area (Å²) in [5, 5.41) is 10.6. The van der Waals surface area contributed by atoms with Gasteiger partial charge in [-0.1, -0.05) is 48.5 Å². The molecule has 354 valence electrons. The van der Waals surface area contributed by atoms with Crippen LogP contribution in [0.15, 0.2) is 18.9 Å². The maximum atomic E-state index is 12.2. The maximum absolute atomic E-state index is 12.2. The Morgan fingerprint density at radius 1 is 0.781 bits per heavy atom. The SMILES string of the molecule is CCc1nc(CO)nc2c1ncn2[C@@H]1O[C@@H]2COP(O)(=S)O[C@H]3[C@@H](O[Si](C)(C)C(C)(C)C)[C@H](n4cc5c6c(ncnc64)CCCC5)O[C@@H]3COP(O)(=S)O[C@@H]1[C@@H]2O[Si](C)(C)C(C)(C)C. The van der Waals surface area contributed by atoms with E-state index in [-0.39, 0.29) is 29.1 Å². The first-order valence-electron chi connectivity index (χ1n) is 22.0. The number of imidazole rings is 1. The number of aliphatic hydroxyl groups is 1. The van der Waals surface area contributed by atoms with Gasteiger partial charge in [0.1, 0.15) is 60.7 Å². The van der Waals surface area contributed by atoms with Gasteiger partial charge >= 0.3 is 13.4 Å². The van der Waals surface area contributed by atoms with E-state index in [0.29, 0.717) is 28.9 Å². The predicted octanol–water partition coefficient (Wildman–Crippen LogP) is 7.03. The molecule has 0 spiro atoms. The Hall–Kier alpha value is -1.54. The molecule has 3 saturated heterocycles. The van der Waals surface area contributed by atoms with Crippen molar-refractivity contribution in [3.05, 3.63) is 41.6 Å². The number of aromatic nitrogens is 7. The third-order valence-corrected chi connectivity index (χ3v) is 25.9. The molecule has 4 aromatic heterocycles. The highest BCUT2D eigenvalue weighted by atomic mass is 32.5. The van der Waals surface area contributed by atoms with E-state index in [1.165, 1.54) is 0 Å². The van der Waals surface area contributed by atoms with Crippen molar-refractivity contribution < 1.29 is 51.3 Å². The number of aryl methyl sites for hydroxylation is 3. The Morgan fingerprint density at radius 2 is 1.39 bits per heavy atom. The molecule has 2 bridgehead atoms. The van der Waals surface area contributed by atoms with Gasteiger partial charge in [-0.15, -0.1) is 0 Å². The number of hydrogen-bond donors (Lipinski definition) is 3. The Labute approximate surface area is 386 Å². The van der Waals surface area contributed by atoms with Gasteiger partial charge in [-0.05, 0) is 97.5 Å². The third kappa shape index (κ3) is 9.44. The van der Waals surface area contributed by atoms with Crippen molar-refractivity contribution in [1.82, 2.24) is 34.1 Å². The maximum Gasteiger partial charge on any atom is 0.325 e. The van der Waals surface area contributed by atoms with Crippen molar-refractivity contribution in [2.24, 2.45) is 0 Å². The summed E-state index contributed by atoms with van der Waals surface area (Å²) in [5.74, 6) is 0.201. The zero-order valence-corrected chi connectivity index (χ0v) is 43.9. The van der Waals surface area contributed by atoms with Crippen molar-refractivity contribution in [2.75, 3.05) is 13.2 Å². The quantitative estimate of drug-likeness (QED) is 0.120. The van der Waals surface area contributed by atoms with Crippen molar-refractivity contribution in [3.63, 3.8) is 0 Å². The first kappa shape index (κ1) is 48.9. The molecule has 1 aliphatic carbocycles. The van der Waals surface area contributed by atoms with Crippen molar-refractivity contribution in [2.45, 2.75) is 173 Å². The monoisotopic (exact) mass is 999 g/mol. The lowest BCUT2D eigenvalue weighted by Gasteiger charge is -2.41. The second-order valence-electron chi connectivity index (χ2n) is 20.2. The largest absolute Gasteiger partial charge is 0.408 e. The molecule has 64 heavy (non-hydrogen) atoms. The highest BCUT2D eigenvalue weighted by Gasteiger charge is 2.57. The summed E-state index contributed by atoms with van der Waals surface area (Å²) in [6, 6.07) is 0. The van der Waals surface area contributed by atoms with Crippen LogP contribution in [0.5, 0.6) is 0 Å². The minimum atomic E-state index is -4.21. The normalized spacial score (nSPS) is 32.3. The fourth-order valence-electron chi connectivity index (χ4n) is 8.32. The molecular formula is C40H63N7O11P2S2Si2. The summed E-state index contributed by atoms with van der Waals surface area (Å²) in [7, 11) is -5.26. The van der Waals surface area contributed by atoms with Crippen molar-refractivity contribution in [3.8, 4) is 0 Å². The van der Waals surface area contributed by atoms with Crippen LogP contribution in [-0.2, 0) is 85.9 Å². The van der Waals surface area contributed by atoms with Gasteiger partial charge in [-0.3, -0.25) is 13.6 Å². The third-order valence-electron chi connectivity index (χ3n) is 13.8. The minimum absolute atomic E-state index is 0.201. The molecular weight excluding hydrogens is 937 g/mol. The first-order valence-corrected chi connectivity index (χ1v) is 33.0. The smallest absolute Gasteiger partial charge is 0.325 e. The Balaban J connectivity index is 1.21. The van der Waals surface area contributed by atoms with Crippen LogP contribution in [0.25, 0.3) is 22.2 Å². The van der Waals surface area contributed by atoms with Gasteiger partial charge in [-0.2, -0.15) is 0 Å². The van der Waals surface area contributed by atoms with Gasteiger partial charge in [-0.25, -0.2) is 24.9 Å². The van der Waals surface area contributed by atoms with Crippen LogP contribution < -0.4 is 0 Å². The summed E-state index contributed by atoms with van der Waals surface area (Å²) in [4.78, 5) is 47.5. The Morgan fingerprint density at radius 3 is 2.03 bits per heavy atom. The average molecular weight is 1000 g/mol. The van der Waals surface area contributed by atoms with Crippen LogP contribution in [0, 0.1) is 0 Å². The highest BCUT2D eigenvalue weighted by molar-refractivity contribution is 8.07. The standard InChI is InChI=1S/C40H63N7O11P2S2Si2/c1-12-24-30-36(45-28(18-48)44-24)47(22-43-30)37-33-32(57-63(8,9)39(2,3)4)27(54-37)20-52-59(49,61)55-31-26(19-51-60(50,62)56-33)53-38(34(31)58-64(10,11)40(5,6)7)46-17-23-15-13-14-16-25-29(23)35(46)42-21-41-25/h17,21-22,26-27,31-34,37-38,48H,12-16,18-20H2,1-11H3,(H,49,61)(H,50,62)/t26-,27-,31-,32-,33-,34-,37-,38-,59?,60?/m1/s1. The molecule has 2 unspecified atom stereocenters. The number of nitrogens with zero attached hydrogens (tertiary/aromatic N) is 7. The van der Waals surface area contributed by atoms with Crippen LogP contribution >= 0.6 is 13.4 Å². The molecule has 4 aromatic rings. The van der Waals surface area contributed by atoms with Gasteiger partial charge in [0.2, 0.25) is 0 Å². The number of hydrogen-bond acceptors (Lipinski definition) is 16. The van der Waals surface area contributed by atoms with E-state index >= 15 is 0 Å². The number of aliphatic hydroxyl groups excluding tert-OH is 1. The highest BCUT2D eigenvalue weighted by Crippen LogP contribution is 2.56. The number of rotatable bonds is 8. The van der Waals surface area contributed by atoms with Crippen molar-refractivity contribution in [1.29, 1.82) is 0 Å². The minimum Gasteiger partial charge on any atom is -0.408 e. The lowest BCUT2D eigenvalue weighted by molar-refractivity contribution is -0.0604. The number of ether oxygens (including phenoxy) is 2. The molecule has 8 rings (SSSR count). The molecule has 0 aromatic carbocycles. The van der Waals surface area contributed by atoms with Gasteiger partial charge in [0, 0.05) is 11.6 Å². The average Bonchev–Trinajstić information content (AvgIpc) is 3.92. The van der Waals surface area contributed by atoms with Gasteiger partial charge in [0.05, 0.1) is 30.9 Å². The second kappa shape index (κ2) is 17.8. The van der Waals surface area contributed by atoms with Crippen LogP contribution in [0.1, 0.15) is 96.5 Å². The van der Waals surface area contributed by atoms with Crippen LogP contribution in [-0.4, -0.2) is 115 Å². The van der Waals surface area contributed by atoms with Gasteiger partial charge in [0.15, 0.2) is 40.6 Å². The van der Waals surface area contributed by atoms with E-state index in [4.69, 9.17) is 65.0 Å². The Bertz CT molecular complexity index is 2480. The summed E-state index contributed by atoms with van der Waals surface area (Å²) in [6.45, 7) is 13.7. The molecule has 7 heterocycles. The van der Waals surface area contributed by atoms with E-state index < -0.39 is 85.8 Å². The lowest BCUT2D eigenvalue weighted by atomic mass is 10.1. The van der Waals surface area contributed by atoms with E-state index in [1.807, 2.05) is 11.5 Å².